The van der Waals surface area contributed by atoms with Crippen molar-refractivity contribution in [3.63, 3.8) is 0 Å². The lowest BCUT2D eigenvalue weighted by atomic mass is 9.87. The summed E-state index contributed by atoms with van der Waals surface area (Å²) in [6.07, 6.45) is 3.37. The molecule has 0 unspecified atom stereocenters. The summed E-state index contributed by atoms with van der Waals surface area (Å²) >= 11 is 0. The largest absolute Gasteiger partial charge is 0.381 e. The average Bonchev–Trinajstić information content (AvgIpc) is 2.72. The molecule has 1 aromatic heterocycles. The fourth-order valence-electron chi connectivity index (χ4n) is 4.09. The van der Waals surface area contributed by atoms with Crippen molar-refractivity contribution in [2.75, 3.05) is 57.8 Å². The fourth-order valence-corrected chi connectivity index (χ4v) is 4.09. The summed E-state index contributed by atoms with van der Waals surface area (Å²) < 4.78 is 5.67. The minimum atomic E-state index is 0.118. The maximum atomic E-state index is 9.07. The standard InChI is InChI=1S/C21H33N5O/c1-18(2)6-9-25-10-12-26(13-11-25)21(7-14-27-15-8-21)17-23-20-5-3-4-19(16-22)24-20/h3-5,18H,6-15,17H2,1-2H3,(H,23,24). The zero-order chi connectivity index (χ0) is 19.1. The normalized spacial score (nSPS) is 21.1. The van der Waals surface area contributed by atoms with Crippen molar-refractivity contribution >= 4 is 5.82 Å². The molecule has 2 fully saturated rings. The first-order valence-electron chi connectivity index (χ1n) is 10.3. The molecule has 6 nitrogen and oxygen atoms in total. The maximum absolute atomic E-state index is 9.07. The van der Waals surface area contributed by atoms with Crippen molar-refractivity contribution in [2.24, 2.45) is 5.92 Å². The van der Waals surface area contributed by atoms with Gasteiger partial charge in [-0.3, -0.25) is 4.90 Å². The van der Waals surface area contributed by atoms with E-state index in [1.165, 1.54) is 13.0 Å². The Morgan fingerprint density at radius 1 is 1.22 bits per heavy atom. The Balaban J connectivity index is 1.60. The van der Waals surface area contributed by atoms with E-state index in [0.29, 0.717) is 5.69 Å². The molecule has 2 aliphatic rings. The van der Waals surface area contributed by atoms with Gasteiger partial charge in [-0.05, 0) is 43.9 Å². The van der Waals surface area contributed by atoms with E-state index < -0.39 is 0 Å². The molecule has 0 bridgehead atoms. The highest BCUT2D eigenvalue weighted by Crippen LogP contribution is 2.29. The molecular weight excluding hydrogens is 338 g/mol. The zero-order valence-corrected chi connectivity index (χ0v) is 16.8. The number of rotatable bonds is 7. The first-order valence-corrected chi connectivity index (χ1v) is 10.3. The Morgan fingerprint density at radius 3 is 2.63 bits per heavy atom. The molecule has 0 aliphatic carbocycles. The summed E-state index contributed by atoms with van der Waals surface area (Å²) in [5.74, 6) is 1.56. The Bertz CT molecular complexity index is 628. The first-order chi connectivity index (χ1) is 13.1. The summed E-state index contributed by atoms with van der Waals surface area (Å²) in [5, 5.41) is 12.6. The summed E-state index contributed by atoms with van der Waals surface area (Å²) in [6, 6.07) is 7.69. The van der Waals surface area contributed by atoms with Crippen molar-refractivity contribution in [2.45, 2.75) is 38.6 Å². The lowest BCUT2D eigenvalue weighted by Gasteiger charge is -2.50. The number of anilines is 1. The number of aromatic nitrogens is 1. The molecule has 0 spiro atoms. The summed E-state index contributed by atoms with van der Waals surface area (Å²) in [7, 11) is 0. The van der Waals surface area contributed by atoms with Crippen LogP contribution in [0.5, 0.6) is 0 Å². The third-order valence-corrected chi connectivity index (χ3v) is 5.95. The van der Waals surface area contributed by atoms with E-state index in [4.69, 9.17) is 10.00 Å². The molecule has 27 heavy (non-hydrogen) atoms. The van der Waals surface area contributed by atoms with Crippen molar-refractivity contribution in [3.05, 3.63) is 23.9 Å². The van der Waals surface area contributed by atoms with Crippen LogP contribution in [0.4, 0.5) is 5.82 Å². The van der Waals surface area contributed by atoms with Crippen LogP contribution in [0.1, 0.15) is 38.8 Å². The predicted molar refractivity (Wildman–Crippen MR) is 108 cm³/mol. The van der Waals surface area contributed by atoms with Crippen molar-refractivity contribution in [1.82, 2.24) is 14.8 Å². The van der Waals surface area contributed by atoms with Crippen LogP contribution >= 0.6 is 0 Å². The lowest BCUT2D eigenvalue weighted by Crippen LogP contribution is -2.61. The fraction of sp³-hybridized carbons (Fsp3) is 0.714. The van der Waals surface area contributed by atoms with Gasteiger partial charge in [0.1, 0.15) is 17.6 Å². The number of nitriles is 1. The molecule has 1 aromatic rings. The molecule has 3 rings (SSSR count). The highest BCUT2D eigenvalue weighted by Gasteiger charge is 2.39. The molecule has 0 radical (unpaired) electrons. The number of nitrogens with one attached hydrogen (secondary N) is 1. The van der Waals surface area contributed by atoms with E-state index >= 15 is 0 Å². The Morgan fingerprint density at radius 2 is 1.96 bits per heavy atom. The van der Waals surface area contributed by atoms with Crippen LogP contribution in [0.15, 0.2) is 18.2 Å². The molecular formula is C21H33N5O. The minimum absolute atomic E-state index is 0.118. The Labute approximate surface area is 163 Å². The molecule has 1 N–H and O–H groups in total. The van der Waals surface area contributed by atoms with Gasteiger partial charge in [0.05, 0.1) is 0 Å². The maximum Gasteiger partial charge on any atom is 0.142 e. The number of hydrogen-bond acceptors (Lipinski definition) is 6. The number of nitrogens with zero attached hydrogens (tertiary/aromatic N) is 4. The second-order valence-electron chi connectivity index (χ2n) is 8.22. The zero-order valence-electron chi connectivity index (χ0n) is 16.8. The van der Waals surface area contributed by atoms with Gasteiger partial charge >= 0.3 is 0 Å². The molecule has 0 amide bonds. The summed E-state index contributed by atoms with van der Waals surface area (Å²) in [4.78, 5) is 9.65. The van der Waals surface area contributed by atoms with E-state index in [1.807, 2.05) is 12.1 Å². The van der Waals surface area contributed by atoms with Gasteiger partial charge < -0.3 is 15.0 Å². The number of hydrogen-bond donors (Lipinski definition) is 1. The number of pyridine rings is 1. The topological polar surface area (TPSA) is 64.4 Å². The van der Waals surface area contributed by atoms with Gasteiger partial charge in [0, 0.05) is 51.5 Å². The summed E-state index contributed by atoms with van der Waals surface area (Å²) in [5.41, 5.74) is 0.576. The van der Waals surface area contributed by atoms with Gasteiger partial charge in [-0.2, -0.15) is 5.26 Å². The second-order valence-corrected chi connectivity index (χ2v) is 8.22. The van der Waals surface area contributed by atoms with Crippen LogP contribution in [0, 0.1) is 17.2 Å². The quantitative estimate of drug-likeness (QED) is 0.795. The molecule has 2 aliphatic heterocycles. The van der Waals surface area contributed by atoms with Crippen LogP contribution in [0.3, 0.4) is 0 Å². The van der Waals surface area contributed by atoms with Crippen LogP contribution in [0.2, 0.25) is 0 Å². The predicted octanol–water partition coefficient (Wildman–Crippen LogP) is 2.58. The van der Waals surface area contributed by atoms with E-state index in [-0.39, 0.29) is 5.54 Å². The minimum Gasteiger partial charge on any atom is -0.381 e. The van der Waals surface area contributed by atoms with Crippen molar-refractivity contribution < 1.29 is 4.74 Å². The molecule has 0 aromatic carbocycles. The molecule has 148 valence electrons. The van der Waals surface area contributed by atoms with E-state index in [1.54, 1.807) is 6.07 Å². The smallest absolute Gasteiger partial charge is 0.142 e. The SMILES string of the molecule is CC(C)CCN1CCN(C2(CNc3cccc(C#N)n3)CCOCC2)CC1. The lowest BCUT2D eigenvalue weighted by molar-refractivity contribution is -0.0408. The molecule has 0 atom stereocenters. The average molecular weight is 372 g/mol. The van der Waals surface area contributed by atoms with Crippen LogP contribution < -0.4 is 5.32 Å². The third-order valence-electron chi connectivity index (χ3n) is 5.95. The first kappa shape index (κ1) is 20.1. The van der Waals surface area contributed by atoms with Crippen LogP contribution in [-0.2, 0) is 4.74 Å². The van der Waals surface area contributed by atoms with Gasteiger partial charge in [-0.1, -0.05) is 19.9 Å². The molecule has 6 heteroatoms. The number of ether oxygens (including phenoxy) is 1. The summed E-state index contributed by atoms with van der Waals surface area (Å²) in [6.45, 7) is 12.8. The van der Waals surface area contributed by atoms with Gasteiger partial charge in [-0.15, -0.1) is 0 Å². The highest BCUT2D eigenvalue weighted by molar-refractivity contribution is 5.39. The van der Waals surface area contributed by atoms with Crippen molar-refractivity contribution in [3.8, 4) is 6.07 Å². The van der Waals surface area contributed by atoms with Crippen molar-refractivity contribution in [1.29, 1.82) is 5.26 Å². The van der Waals surface area contributed by atoms with E-state index in [2.05, 4.69) is 40.0 Å². The highest BCUT2D eigenvalue weighted by atomic mass is 16.5. The number of piperazine rings is 1. The van der Waals surface area contributed by atoms with E-state index in [0.717, 1.165) is 70.5 Å². The Kier molecular flexibility index (Phi) is 7.06. The molecule has 0 saturated carbocycles. The Hall–Kier alpha value is -1.68. The monoisotopic (exact) mass is 371 g/mol. The molecule has 2 saturated heterocycles. The van der Waals surface area contributed by atoms with Crippen LogP contribution in [0.25, 0.3) is 0 Å². The second kappa shape index (κ2) is 9.50. The van der Waals surface area contributed by atoms with Gasteiger partial charge in [0.2, 0.25) is 0 Å². The van der Waals surface area contributed by atoms with Crippen LogP contribution in [-0.4, -0.2) is 72.8 Å². The van der Waals surface area contributed by atoms with Gasteiger partial charge in [-0.25, -0.2) is 4.98 Å². The van der Waals surface area contributed by atoms with Gasteiger partial charge in [0.15, 0.2) is 0 Å². The third kappa shape index (κ3) is 5.41. The van der Waals surface area contributed by atoms with E-state index in [9.17, 15) is 0 Å². The van der Waals surface area contributed by atoms with Gasteiger partial charge in [0.25, 0.3) is 0 Å². The molecule has 3 heterocycles.